The second kappa shape index (κ2) is 29.4. The van der Waals surface area contributed by atoms with E-state index < -0.39 is 0 Å². The van der Waals surface area contributed by atoms with E-state index in [-0.39, 0.29) is 23.2 Å². The largest absolute Gasteiger partial charge is 1.00 e. The average Bonchev–Trinajstić information content (AvgIpc) is 2.76. The third-order valence-electron chi connectivity index (χ3n) is 6.75. The van der Waals surface area contributed by atoms with Gasteiger partial charge in [0.05, 0.1) is 6.10 Å². The predicted molar refractivity (Wildman–Crippen MR) is 139 cm³/mol. The maximum Gasteiger partial charge on any atom is 0.188 e. The number of unbranched alkanes of at least 4 members (excludes halogenated alkanes) is 18. The highest BCUT2D eigenvalue weighted by atomic mass is 79.9. The number of hydrogen-bond acceptors (Lipinski definition) is 1. The number of quaternary nitrogens is 1. The lowest BCUT2D eigenvalue weighted by atomic mass is 10.0. The maximum absolute atomic E-state index is 6.34. The van der Waals surface area contributed by atoms with Crippen LogP contribution in [0, 0.1) is 0 Å². The molecule has 0 radical (unpaired) electrons. The van der Waals surface area contributed by atoms with Crippen molar-refractivity contribution in [3.8, 4) is 0 Å². The molecule has 0 fully saturated rings. The monoisotopic (exact) mass is 519 g/mol. The van der Waals surface area contributed by atoms with Gasteiger partial charge < -0.3 is 27.5 Å². The minimum atomic E-state index is 0. The van der Waals surface area contributed by atoms with Gasteiger partial charge in [-0.2, -0.15) is 0 Å². The molecular weight excluding hydrogens is 458 g/mol. The molecule has 0 amide bonds. The van der Waals surface area contributed by atoms with E-state index in [9.17, 15) is 0 Å². The molecule has 0 heterocycles. The molecule has 3 N–H and O–H groups in total. The molecule has 0 bridgehead atoms. The third kappa shape index (κ3) is 26.7. The zero-order valence-electron chi connectivity index (χ0n) is 22.6. The summed E-state index contributed by atoms with van der Waals surface area (Å²) in [6.45, 7) is 6.83. The van der Waals surface area contributed by atoms with Crippen molar-refractivity contribution in [2.24, 2.45) is 0 Å². The summed E-state index contributed by atoms with van der Waals surface area (Å²) >= 11 is 0. The summed E-state index contributed by atoms with van der Waals surface area (Å²) in [5.41, 5.74) is 4.24. The molecule has 196 valence electrons. The third-order valence-corrected chi connectivity index (χ3v) is 6.75. The van der Waals surface area contributed by atoms with Crippen LogP contribution in [-0.2, 0) is 4.74 Å². The minimum Gasteiger partial charge on any atom is -1.00 e. The van der Waals surface area contributed by atoms with Crippen molar-refractivity contribution < 1.29 is 27.5 Å². The highest BCUT2D eigenvalue weighted by Gasteiger charge is 2.15. The SMILES string of the molecule is CCCCCCCCCCCCC(CCCCCCCCCCCC)OC([NH3+])CCC.[Br-]. The van der Waals surface area contributed by atoms with Crippen LogP contribution in [0.5, 0.6) is 0 Å². The Morgan fingerprint density at radius 2 is 0.750 bits per heavy atom. The number of ether oxygens (including phenoxy) is 1. The van der Waals surface area contributed by atoms with Gasteiger partial charge in [-0.25, -0.2) is 0 Å². The molecule has 0 saturated heterocycles. The molecule has 0 aliphatic rings. The van der Waals surface area contributed by atoms with Gasteiger partial charge in [0.25, 0.3) is 0 Å². The van der Waals surface area contributed by atoms with Gasteiger partial charge in [0, 0.05) is 6.42 Å². The van der Waals surface area contributed by atoms with Crippen LogP contribution in [0.3, 0.4) is 0 Å². The van der Waals surface area contributed by atoms with E-state index in [2.05, 4.69) is 26.5 Å². The van der Waals surface area contributed by atoms with E-state index in [1.165, 1.54) is 148 Å². The Morgan fingerprint density at radius 3 is 1.06 bits per heavy atom. The maximum atomic E-state index is 6.34. The van der Waals surface area contributed by atoms with E-state index in [0.29, 0.717) is 6.10 Å². The normalized spacial score (nSPS) is 12.3. The first kappa shape index (κ1) is 34.6. The van der Waals surface area contributed by atoms with Crippen molar-refractivity contribution in [1.29, 1.82) is 0 Å². The lowest BCUT2D eigenvalue weighted by Gasteiger charge is -2.20. The molecular formula is C29H62BrNO. The van der Waals surface area contributed by atoms with Crippen molar-refractivity contribution in [2.75, 3.05) is 0 Å². The van der Waals surface area contributed by atoms with Crippen LogP contribution in [-0.4, -0.2) is 12.3 Å². The molecule has 2 nitrogen and oxygen atoms in total. The van der Waals surface area contributed by atoms with Gasteiger partial charge in [0.1, 0.15) is 0 Å². The van der Waals surface area contributed by atoms with E-state index >= 15 is 0 Å². The van der Waals surface area contributed by atoms with Crippen LogP contribution in [0.1, 0.15) is 175 Å². The number of hydrogen-bond donors (Lipinski definition) is 1. The molecule has 0 spiro atoms. The van der Waals surface area contributed by atoms with E-state index in [1.807, 2.05) is 0 Å². The Morgan fingerprint density at radius 1 is 0.438 bits per heavy atom. The molecule has 0 rings (SSSR count). The van der Waals surface area contributed by atoms with E-state index in [0.717, 1.165) is 6.42 Å². The highest BCUT2D eigenvalue weighted by molar-refractivity contribution is 4.61. The zero-order valence-corrected chi connectivity index (χ0v) is 24.2. The molecule has 1 atom stereocenters. The summed E-state index contributed by atoms with van der Waals surface area (Å²) in [4.78, 5) is 0. The van der Waals surface area contributed by atoms with Gasteiger partial charge in [-0.1, -0.05) is 149 Å². The minimum absolute atomic E-state index is 0. The van der Waals surface area contributed by atoms with Crippen molar-refractivity contribution in [3.05, 3.63) is 0 Å². The number of halogens is 1. The summed E-state index contributed by atoms with van der Waals surface area (Å²) < 4.78 is 6.34. The summed E-state index contributed by atoms with van der Waals surface area (Å²) in [6.07, 6.45) is 33.7. The molecule has 0 aromatic rings. The summed E-state index contributed by atoms with van der Waals surface area (Å²) in [7, 11) is 0. The Labute approximate surface area is 214 Å². The van der Waals surface area contributed by atoms with E-state index in [1.54, 1.807) is 0 Å². The quantitative estimate of drug-likeness (QED) is 0.104. The van der Waals surface area contributed by atoms with Crippen LogP contribution in [0.4, 0.5) is 0 Å². The van der Waals surface area contributed by atoms with E-state index in [4.69, 9.17) is 4.74 Å². The molecule has 0 aliphatic carbocycles. The van der Waals surface area contributed by atoms with Crippen molar-refractivity contribution in [3.63, 3.8) is 0 Å². The van der Waals surface area contributed by atoms with Gasteiger partial charge in [0.15, 0.2) is 6.23 Å². The highest BCUT2D eigenvalue weighted by Crippen LogP contribution is 2.19. The second-order valence-corrected chi connectivity index (χ2v) is 10.1. The van der Waals surface area contributed by atoms with Crippen molar-refractivity contribution in [1.82, 2.24) is 0 Å². The fraction of sp³-hybridized carbons (Fsp3) is 1.00. The fourth-order valence-corrected chi connectivity index (χ4v) is 4.66. The standard InChI is InChI=1S/C29H61NO.BrH/c1-4-7-9-11-13-15-17-19-21-23-26-28(31-29(30)25-6-3)27-24-22-20-18-16-14-12-10-8-5-2;/h28-29H,4-27,30H2,1-3H3;1H. The van der Waals surface area contributed by atoms with Gasteiger partial charge in [-0.3, -0.25) is 0 Å². The van der Waals surface area contributed by atoms with Gasteiger partial charge in [-0.15, -0.1) is 0 Å². The lowest BCUT2D eigenvalue weighted by Crippen LogP contribution is -3.00. The van der Waals surface area contributed by atoms with Gasteiger partial charge in [-0.05, 0) is 19.3 Å². The lowest BCUT2D eigenvalue weighted by molar-refractivity contribution is -0.499. The van der Waals surface area contributed by atoms with Crippen LogP contribution in [0.25, 0.3) is 0 Å². The first-order valence-electron chi connectivity index (χ1n) is 14.7. The average molecular weight is 521 g/mol. The fourth-order valence-electron chi connectivity index (χ4n) is 4.66. The Kier molecular flexibility index (Phi) is 31.8. The number of rotatable bonds is 26. The first-order chi connectivity index (χ1) is 15.2. The molecule has 0 saturated carbocycles. The Bertz CT molecular complexity index is 302. The molecule has 0 aromatic carbocycles. The van der Waals surface area contributed by atoms with Crippen molar-refractivity contribution in [2.45, 2.75) is 187 Å². The molecule has 3 heteroatoms. The van der Waals surface area contributed by atoms with Gasteiger partial charge >= 0.3 is 0 Å². The predicted octanol–water partition coefficient (Wildman–Crippen LogP) is 6.37. The zero-order chi connectivity index (χ0) is 22.8. The Hall–Kier alpha value is 0.400. The molecule has 32 heavy (non-hydrogen) atoms. The molecule has 1 unspecified atom stereocenters. The van der Waals surface area contributed by atoms with Crippen LogP contribution < -0.4 is 22.7 Å². The molecule has 0 aliphatic heterocycles. The smallest absolute Gasteiger partial charge is 0.188 e. The Balaban J connectivity index is 0. The summed E-state index contributed by atoms with van der Waals surface area (Å²) in [5, 5.41) is 0. The first-order valence-corrected chi connectivity index (χ1v) is 14.7. The van der Waals surface area contributed by atoms with Gasteiger partial charge in [0.2, 0.25) is 0 Å². The second-order valence-electron chi connectivity index (χ2n) is 10.1. The summed E-state index contributed by atoms with van der Waals surface area (Å²) in [6, 6.07) is 0. The topological polar surface area (TPSA) is 36.9 Å². The summed E-state index contributed by atoms with van der Waals surface area (Å²) in [5.74, 6) is 0. The van der Waals surface area contributed by atoms with Crippen molar-refractivity contribution >= 4 is 0 Å². The van der Waals surface area contributed by atoms with Crippen LogP contribution >= 0.6 is 0 Å². The molecule has 0 aromatic heterocycles. The van der Waals surface area contributed by atoms with Crippen LogP contribution in [0.2, 0.25) is 0 Å². The van der Waals surface area contributed by atoms with Crippen LogP contribution in [0.15, 0.2) is 0 Å².